The maximum absolute atomic E-state index is 12.3. The highest BCUT2D eigenvalue weighted by Crippen LogP contribution is 2.37. The van der Waals surface area contributed by atoms with Gasteiger partial charge in [-0.2, -0.15) is 10.2 Å². The van der Waals surface area contributed by atoms with E-state index in [-0.39, 0.29) is 36.2 Å². The van der Waals surface area contributed by atoms with Crippen LogP contribution in [0.3, 0.4) is 0 Å². The molecule has 8 rings (SSSR count). The highest BCUT2D eigenvalue weighted by atomic mass is 16.6. The molecule has 2 aromatic carbocycles. The number of carbonyl (C=O) groups excluding carboxylic acids is 4. The molecule has 2 aliphatic heterocycles. The van der Waals surface area contributed by atoms with Gasteiger partial charge in [0, 0.05) is 55.6 Å². The number of anilines is 2. The molecule has 4 aliphatic rings. The minimum atomic E-state index is -0.366. The first kappa shape index (κ1) is 36.7. The Morgan fingerprint density at radius 2 is 1.28 bits per heavy atom. The summed E-state index contributed by atoms with van der Waals surface area (Å²) in [4.78, 5) is 50.0. The highest BCUT2D eigenvalue weighted by Gasteiger charge is 2.34. The van der Waals surface area contributed by atoms with Gasteiger partial charge < -0.3 is 20.1 Å². The highest BCUT2D eigenvalue weighted by molar-refractivity contribution is 5.91. The fourth-order valence-electron chi connectivity index (χ4n) is 7.70. The zero-order chi connectivity index (χ0) is 37.9. The Labute approximate surface area is 314 Å². The predicted octanol–water partition coefficient (Wildman–Crippen LogP) is 5.04. The van der Waals surface area contributed by atoms with Gasteiger partial charge >= 0.3 is 12.2 Å². The topological polar surface area (TPSA) is 153 Å². The molecule has 0 radical (unpaired) electrons. The molecule has 2 fully saturated rings. The lowest BCUT2D eigenvalue weighted by molar-refractivity contribution is -0.120. The van der Waals surface area contributed by atoms with Gasteiger partial charge in [0.2, 0.25) is 11.8 Å². The number of hydrogen-bond donors (Lipinski definition) is 2. The number of cyclic esters (lactones) is 2. The third-order valence-electron chi connectivity index (χ3n) is 10.4. The number of hydrogen-bond acceptors (Lipinski definition) is 8. The second-order valence-electron chi connectivity index (χ2n) is 14.2. The Morgan fingerprint density at radius 3 is 1.83 bits per heavy atom. The molecule has 0 unspecified atom stereocenters. The van der Waals surface area contributed by atoms with E-state index in [4.69, 9.17) is 14.6 Å². The average Bonchev–Trinajstić information content (AvgIpc) is 3.91. The summed E-state index contributed by atoms with van der Waals surface area (Å²) < 4.78 is 14.8. The number of ether oxygens (including phenoxy) is 2. The number of aromatic nitrogens is 4. The van der Waals surface area contributed by atoms with Crippen LogP contribution in [0, 0.1) is 0 Å². The number of carbonyl (C=O) groups is 4. The molecule has 2 N–H and O–H groups in total. The van der Waals surface area contributed by atoms with E-state index in [0.717, 1.165) is 74.2 Å². The van der Waals surface area contributed by atoms with E-state index in [9.17, 15) is 19.2 Å². The first-order valence-corrected chi connectivity index (χ1v) is 18.9. The zero-order valence-electron chi connectivity index (χ0n) is 31.4. The molecule has 54 heavy (non-hydrogen) atoms. The second-order valence-corrected chi connectivity index (χ2v) is 14.2. The van der Waals surface area contributed by atoms with Gasteiger partial charge in [0.1, 0.15) is 12.2 Å². The van der Waals surface area contributed by atoms with Crippen LogP contribution in [0.5, 0.6) is 0 Å². The van der Waals surface area contributed by atoms with E-state index >= 15 is 0 Å². The van der Waals surface area contributed by atoms with Crippen molar-refractivity contribution in [2.45, 2.75) is 91.5 Å². The van der Waals surface area contributed by atoms with Crippen LogP contribution < -0.4 is 20.4 Å². The van der Waals surface area contributed by atoms with Gasteiger partial charge in [0.05, 0.1) is 43.8 Å². The molecule has 14 nitrogen and oxygen atoms in total. The lowest BCUT2D eigenvalue weighted by atomic mass is 10.0. The SMILES string of the molecule is CCn1cc2c(n1)-c1ccc(N3C[C@H](CNC(C)=O)OC3=O)cc1CCC2.CCn1ncc2c1-c1ccc(N3C[C@H](CNC(C)=O)OC3=O)cc1CCC2. The van der Waals surface area contributed by atoms with Crippen molar-refractivity contribution in [1.82, 2.24) is 30.2 Å². The zero-order valence-corrected chi connectivity index (χ0v) is 31.4. The van der Waals surface area contributed by atoms with Gasteiger partial charge in [-0.15, -0.1) is 0 Å². The van der Waals surface area contributed by atoms with Crippen molar-refractivity contribution in [2.75, 3.05) is 36.0 Å². The largest absolute Gasteiger partial charge is 0.442 e. The number of aryl methyl sites for hydroxylation is 6. The summed E-state index contributed by atoms with van der Waals surface area (Å²) in [6, 6.07) is 12.3. The third kappa shape index (κ3) is 7.68. The van der Waals surface area contributed by atoms with Crippen molar-refractivity contribution in [1.29, 1.82) is 0 Å². The number of benzene rings is 2. The molecule has 4 aromatic rings. The van der Waals surface area contributed by atoms with Gasteiger partial charge in [0.15, 0.2) is 0 Å². The van der Waals surface area contributed by atoms with Crippen molar-refractivity contribution in [3.05, 3.63) is 71.0 Å². The summed E-state index contributed by atoms with van der Waals surface area (Å²) in [5, 5.41) is 14.7. The van der Waals surface area contributed by atoms with Crippen molar-refractivity contribution in [3.63, 3.8) is 0 Å². The molecule has 0 spiro atoms. The fourth-order valence-corrected chi connectivity index (χ4v) is 7.70. The van der Waals surface area contributed by atoms with Crippen LogP contribution in [0.2, 0.25) is 0 Å². The van der Waals surface area contributed by atoms with Crippen LogP contribution >= 0.6 is 0 Å². The lowest BCUT2D eigenvalue weighted by Crippen LogP contribution is -2.33. The Hall–Kier alpha value is -5.66. The predicted molar refractivity (Wildman–Crippen MR) is 203 cm³/mol. The number of nitrogens with zero attached hydrogens (tertiary/aromatic N) is 6. The third-order valence-corrected chi connectivity index (χ3v) is 10.4. The van der Waals surface area contributed by atoms with E-state index in [1.54, 1.807) is 9.80 Å². The molecular weight excluding hydrogens is 688 g/mol. The van der Waals surface area contributed by atoms with Crippen LogP contribution in [0.1, 0.15) is 62.8 Å². The molecule has 0 bridgehead atoms. The van der Waals surface area contributed by atoms with Crippen LogP contribution in [0.25, 0.3) is 22.5 Å². The van der Waals surface area contributed by atoms with Crippen LogP contribution in [-0.2, 0) is 57.8 Å². The Balaban J connectivity index is 0.000000167. The van der Waals surface area contributed by atoms with Gasteiger partial charge in [-0.3, -0.25) is 28.8 Å². The van der Waals surface area contributed by atoms with Gasteiger partial charge in [-0.25, -0.2) is 9.59 Å². The first-order valence-electron chi connectivity index (χ1n) is 18.9. The van der Waals surface area contributed by atoms with Crippen molar-refractivity contribution in [3.8, 4) is 22.5 Å². The Kier molecular flexibility index (Phi) is 10.7. The normalized spacial score (nSPS) is 18.5. The summed E-state index contributed by atoms with van der Waals surface area (Å²) in [6.07, 6.45) is 8.84. The van der Waals surface area contributed by atoms with Gasteiger partial charge in [-0.1, -0.05) is 12.1 Å². The molecule has 4 heterocycles. The Morgan fingerprint density at radius 1 is 0.741 bits per heavy atom. The van der Waals surface area contributed by atoms with E-state index in [2.05, 4.69) is 60.0 Å². The standard InChI is InChI=1S/2C20H24N4O3/c1-3-23-11-15-6-4-5-14-9-16(7-8-18(14)19(15)22-23)24-12-17(27-20(24)26)10-21-13(2)25;1-3-24-19-15(10-22-24)6-4-5-14-9-16(7-8-18(14)19)23-12-17(27-20(23)26)11-21-13(2)25/h7-9,11,17H,3-6,10,12H2,1-2H3,(H,21,25);7-10,17H,3-6,11-12H2,1-2H3,(H,21,25)/t2*17-/m00/s1. The van der Waals surface area contributed by atoms with Gasteiger partial charge in [-0.05, 0) is 98.9 Å². The van der Waals surface area contributed by atoms with Crippen molar-refractivity contribution < 1.29 is 28.7 Å². The van der Waals surface area contributed by atoms with Crippen LogP contribution in [0.4, 0.5) is 21.0 Å². The molecule has 0 saturated carbocycles. The molecule has 2 saturated heterocycles. The first-order chi connectivity index (χ1) is 26.1. The summed E-state index contributed by atoms with van der Waals surface area (Å²) in [7, 11) is 0. The summed E-state index contributed by atoms with van der Waals surface area (Å²) >= 11 is 0. The number of amides is 4. The number of nitrogens with one attached hydrogen (secondary N) is 2. The maximum Gasteiger partial charge on any atom is 0.414 e. The average molecular weight is 737 g/mol. The van der Waals surface area contributed by atoms with E-state index in [0.29, 0.717) is 26.2 Å². The summed E-state index contributed by atoms with van der Waals surface area (Å²) in [5.74, 6) is -0.255. The molecule has 14 heteroatoms. The quantitative estimate of drug-likeness (QED) is 0.255. The van der Waals surface area contributed by atoms with Crippen LogP contribution in [0.15, 0.2) is 48.8 Å². The monoisotopic (exact) mass is 736 g/mol. The van der Waals surface area contributed by atoms with Gasteiger partial charge in [0.25, 0.3) is 0 Å². The molecule has 284 valence electrons. The smallest absolute Gasteiger partial charge is 0.414 e. The Bertz CT molecular complexity index is 2070. The molecule has 4 amide bonds. The van der Waals surface area contributed by atoms with E-state index in [1.807, 2.05) is 27.7 Å². The maximum atomic E-state index is 12.3. The van der Waals surface area contributed by atoms with Crippen LogP contribution in [-0.4, -0.2) is 81.9 Å². The second kappa shape index (κ2) is 15.7. The molecule has 2 aromatic heterocycles. The summed E-state index contributed by atoms with van der Waals surface area (Å²) in [5.41, 5.74) is 11.3. The van der Waals surface area contributed by atoms with E-state index in [1.165, 1.54) is 47.4 Å². The molecule has 2 atom stereocenters. The number of fused-ring (bicyclic) bond motifs is 6. The summed E-state index contributed by atoms with van der Waals surface area (Å²) in [6.45, 7) is 10.3. The number of rotatable bonds is 8. The fraction of sp³-hybridized carbons (Fsp3) is 0.450. The molecular formula is C40H48N8O6. The minimum absolute atomic E-state index is 0.127. The molecule has 2 aliphatic carbocycles. The van der Waals surface area contributed by atoms with E-state index < -0.39 is 0 Å². The van der Waals surface area contributed by atoms with Crippen molar-refractivity contribution in [2.24, 2.45) is 0 Å². The minimum Gasteiger partial charge on any atom is -0.442 e. The lowest BCUT2D eigenvalue weighted by Gasteiger charge is -2.17. The van der Waals surface area contributed by atoms with Crippen molar-refractivity contribution >= 4 is 35.4 Å².